The first-order valence-electron chi connectivity index (χ1n) is 5.63. The predicted octanol–water partition coefficient (Wildman–Crippen LogP) is 2.97. The van der Waals surface area contributed by atoms with E-state index in [4.69, 9.17) is 14.4 Å². The minimum absolute atomic E-state index is 0.0162. The van der Waals surface area contributed by atoms with E-state index >= 15 is 0 Å². The standard InChI is InChI=1S/C13H12FNO4/c1-7(2)18-11-4-3-8(5-10(11)14)12-9(13(16)17)6-15-19-12/h3-7H,1-2H3,(H,16,17). The van der Waals surface area contributed by atoms with Crippen LogP contribution in [0.1, 0.15) is 24.2 Å². The van der Waals surface area contributed by atoms with E-state index < -0.39 is 11.8 Å². The zero-order chi connectivity index (χ0) is 14.0. The molecule has 0 amide bonds. The number of halogens is 1. The molecule has 1 aromatic carbocycles. The van der Waals surface area contributed by atoms with E-state index in [-0.39, 0.29) is 23.2 Å². The monoisotopic (exact) mass is 265 g/mol. The van der Waals surface area contributed by atoms with Crippen LogP contribution in [0, 0.1) is 5.82 Å². The summed E-state index contributed by atoms with van der Waals surface area (Å²) in [6.07, 6.45) is 0.925. The van der Waals surface area contributed by atoms with Crippen LogP contribution in [0.5, 0.6) is 5.75 Å². The molecule has 1 aromatic heterocycles. The summed E-state index contributed by atoms with van der Waals surface area (Å²) in [7, 11) is 0. The van der Waals surface area contributed by atoms with Gasteiger partial charge in [0.15, 0.2) is 17.3 Å². The maximum absolute atomic E-state index is 13.8. The number of rotatable bonds is 4. The van der Waals surface area contributed by atoms with Gasteiger partial charge in [-0.15, -0.1) is 0 Å². The van der Waals surface area contributed by atoms with Crippen molar-refractivity contribution in [1.82, 2.24) is 5.16 Å². The average Bonchev–Trinajstić information content (AvgIpc) is 2.80. The summed E-state index contributed by atoms with van der Waals surface area (Å²) >= 11 is 0. The third-order valence-corrected chi connectivity index (χ3v) is 2.36. The van der Waals surface area contributed by atoms with Gasteiger partial charge >= 0.3 is 5.97 Å². The molecule has 1 N–H and O–H groups in total. The molecule has 0 aliphatic heterocycles. The van der Waals surface area contributed by atoms with E-state index in [1.807, 2.05) is 0 Å². The van der Waals surface area contributed by atoms with Crippen LogP contribution in [0.4, 0.5) is 4.39 Å². The third kappa shape index (κ3) is 2.73. The Balaban J connectivity index is 2.39. The van der Waals surface area contributed by atoms with Crippen molar-refractivity contribution in [2.24, 2.45) is 0 Å². The lowest BCUT2D eigenvalue weighted by molar-refractivity contribution is 0.0697. The molecule has 0 saturated carbocycles. The van der Waals surface area contributed by atoms with Gasteiger partial charge in [0, 0.05) is 5.56 Å². The summed E-state index contributed by atoms with van der Waals surface area (Å²) in [5.41, 5.74) is 0.181. The number of carboxylic acid groups (broad SMARTS) is 1. The van der Waals surface area contributed by atoms with Crippen molar-refractivity contribution >= 4 is 5.97 Å². The number of aromatic carboxylic acids is 1. The zero-order valence-corrected chi connectivity index (χ0v) is 10.4. The number of nitrogens with zero attached hydrogens (tertiary/aromatic N) is 1. The van der Waals surface area contributed by atoms with Crippen LogP contribution in [-0.4, -0.2) is 22.3 Å². The molecule has 0 bridgehead atoms. The van der Waals surface area contributed by atoms with Crippen molar-refractivity contribution in [3.8, 4) is 17.1 Å². The van der Waals surface area contributed by atoms with Gasteiger partial charge in [0.05, 0.1) is 12.3 Å². The highest BCUT2D eigenvalue weighted by Gasteiger charge is 2.18. The summed E-state index contributed by atoms with van der Waals surface area (Å²) in [5, 5.41) is 12.4. The fraction of sp³-hybridized carbons (Fsp3) is 0.231. The second-order valence-electron chi connectivity index (χ2n) is 4.19. The largest absolute Gasteiger partial charge is 0.488 e. The molecule has 6 heteroatoms. The van der Waals surface area contributed by atoms with Crippen molar-refractivity contribution in [3.05, 3.63) is 35.8 Å². The smallest absolute Gasteiger partial charge is 0.341 e. The molecular formula is C13H12FNO4. The van der Waals surface area contributed by atoms with Gasteiger partial charge in [0.1, 0.15) is 5.56 Å². The summed E-state index contributed by atoms with van der Waals surface area (Å²) < 4.78 is 23.9. The maximum Gasteiger partial charge on any atom is 0.341 e. The van der Waals surface area contributed by atoms with Gasteiger partial charge in [-0.2, -0.15) is 0 Å². The summed E-state index contributed by atoms with van der Waals surface area (Å²) in [4.78, 5) is 10.9. The summed E-state index contributed by atoms with van der Waals surface area (Å²) in [6, 6.07) is 4.11. The Morgan fingerprint density at radius 2 is 2.21 bits per heavy atom. The second kappa shape index (κ2) is 5.09. The quantitative estimate of drug-likeness (QED) is 0.920. The normalized spacial score (nSPS) is 10.7. The molecule has 0 spiro atoms. The van der Waals surface area contributed by atoms with E-state index in [0.29, 0.717) is 5.56 Å². The molecule has 0 fully saturated rings. The summed E-state index contributed by atoms with van der Waals surface area (Å²) in [5.74, 6) is -1.64. The first kappa shape index (κ1) is 13.1. The minimum atomic E-state index is -1.18. The van der Waals surface area contributed by atoms with Crippen molar-refractivity contribution in [2.75, 3.05) is 0 Å². The van der Waals surface area contributed by atoms with E-state index in [9.17, 15) is 9.18 Å². The molecular weight excluding hydrogens is 253 g/mol. The Labute approximate surface area is 108 Å². The number of aromatic nitrogens is 1. The van der Waals surface area contributed by atoms with Gasteiger partial charge in [-0.3, -0.25) is 0 Å². The lowest BCUT2D eigenvalue weighted by Gasteiger charge is -2.10. The Bertz CT molecular complexity index is 606. The van der Waals surface area contributed by atoms with Crippen LogP contribution in [0.2, 0.25) is 0 Å². The van der Waals surface area contributed by atoms with Crippen LogP contribution in [0.3, 0.4) is 0 Å². The highest BCUT2D eigenvalue weighted by Crippen LogP contribution is 2.28. The van der Waals surface area contributed by atoms with Crippen molar-refractivity contribution < 1.29 is 23.6 Å². The highest BCUT2D eigenvalue weighted by atomic mass is 19.1. The number of ether oxygens (including phenoxy) is 1. The zero-order valence-electron chi connectivity index (χ0n) is 10.4. The second-order valence-corrected chi connectivity index (χ2v) is 4.19. The molecule has 0 radical (unpaired) electrons. The Kier molecular flexibility index (Phi) is 3.50. The number of hydrogen-bond acceptors (Lipinski definition) is 4. The highest BCUT2D eigenvalue weighted by molar-refractivity contribution is 5.93. The van der Waals surface area contributed by atoms with E-state index in [2.05, 4.69) is 5.16 Å². The molecule has 100 valence electrons. The van der Waals surface area contributed by atoms with E-state index in [0.717, 1.165) is 12.3 Å². The maximum atomic E-state index is 13.8. The van der Waals surface area contributed by atoms with E-state index in [1.54, 1.807) is 13.8 Å². The van der Waals surface area contributed by atoms with Crippen molar-refractivity contribution in [1.29, 1.82) is 0 Å². The van der Waals surface area contributed by atoms with Gasteiger partial charge in [0.25, 0.3) is 0 Å². The van der Waals surface area contributed by atoms with Crippen molar-refractivity contribution in [2.45, 2.75) is 20.0 Å². The molecule has 19 heavy (non-hydrogen) atoms. The third-order valence-electron chi connectivity index (χ3n) is 2.36. The molecule has 5 nitrogen and oxygen atoms in total. The fourth-order valence-electron chi connectivity index (χ4n) is 1.59. The Hall–Kier alpha value is -2.37. The van der Waals surface area contributed by atoms with Crippen LogP contribution in [0.25, 0.3) is 11.3 Å². The Morgan fingerprint density at radius 3 is 2.79 bits per heavy atom. The first-order valence-corrected chi connectivity index (χ1v) is 5.63. The molecule has 1 heterocycles. The Morgan fingerprint density at radius 1 is 1.47 bits per heavy atom. The number of carbonyl (C=O) groups is 1. The lowest BCUT2D eigenvalue weighted by Crippen LogP contribution is -2.06. The predicted molar refractivity (Wildman–Crippen MR) is 64.6 cm³/mol. The molecule has 0 unspecified atom stereocenters. The fourth-order valence-corrected chi connectivity index (χ4v) is 1.59. The minimum Gasteiger partial charge on any atom is -0.488 e. The topological polar surface area (TPSA) is 72.6 Å². The SMILES string of the molecule is CC(C)Oc1ccc(-c2oncc2C(=O)O)cc1F. The summed E-state index contributed by atoms with van der Waals surface area (Å²) in [6.45, 7) is 3.57. The van der Waals surface area contributed by atoms with Crippen LogP contribution in [0.15, 0.2) is 28.9 Å². The van der Waals surface area contributed by atoms with E-state index in [1.165, 1.54) is 12.1 Å². The van der Waals surface area contributed by atoms with Gasteiger partial charge in [-0.1, -0.05) is 5.16 Å². The molecule has 0 aliphatic rings. The molecule has 0 atom stereocenters. The number of hydrogen-bond donors (Lipinski definition) is 1. The van der Waals surface area contributed by atoms with Crippen molar-refractivity contribution in [3.63, 3.8) is 0 Å². The number of benzene rings is 1. The molecule has 2 rings (SSSR count). The van der Waals surface area contributed by atoms with Crippen LogP contribution < -0.4 is 4.74 Å². The van der Waals surface area contributed by atoms with Gasteiger partial charge in [-0.05, 0) is 32.0 Å². The molecule has 2 aromatic rings. The van der Waals surface area contributed by atoms with Gasteiger partial charge in [-0.25, -0.2) is 9.18 Å². The van der Waals surface area contributed by atoms with Gasteiger partial charge < -0.3 is 14.4 Å². The number of carboxylic acids is 1. The van der Waals surface area contributed by atoms with Gasteiger partial charge in [0.2, 0.25) is 0 Å². The average molecular weight is 265 g/mol. The first-order chi connectivity index (χ1) is 8.99. The molecule has 0 aliphatic carbocycles. The van der Waals surface area contributed by atoms with Crippen LogP contribution in [-0.2, 0) is 0 Å². The van der Waals surface area contributed by atoms with Crippen LogP contribution >= 0.6 is 0 Å². The molecule has 0 saturated heterocycles. The lowest BCUT2D eigenvalue weighted by atomic mass is 10.1.